The van der Waals surface area contributed by atoms with E-state index < -0.39 is 23.5 Å². The van der Waals surface area contributed by atoms with Gasteiger partial charge < -0.3 is 9.84 Å². The van der Waals surface area contributed by atoms with Crippen LogP contribution in [0.4, 0.5) is 0 Å². The van der Waals surface area contributed by atoms with Crippen LogP contribution in [0.5, 0.6) is 0 Å². The van der Waals surface area contributed by atoms with Crippen molar-refractivity contribution in [1.29, 1.82) is 0 Å². The lowest BCUT2D eigenvalue weighted by molar-refractivity contribution is -0.153. The van der Waals surface area contributed by atoms with Gasteiger partial charge in [0.2, 0.25) is 0 Å². The van der Waals surface area contributed by atoms with E-state index in [1.165, 1.54) is 0 Å². The lowest BCUT2D eigenvalue weighted by Gasteiger charge is -2.28. The molecule has 124 valence electrons. The highest BCUT2D eigenvalue weighted by molar-refractivity contribution is 5.99. The van der Waals surface area contributed by atoms with Gasteiger partial charge >= 0.3 is 5.97 Å². The van der Waals surface area contributed by atoms with Crippen molar-refractivity contribution in [3.63, 3.8) is 0 Å². The monoisotopic (exact) mass is 311 g/mol. The highest BCUT2D eigenvalue weighted by atomic mass is 16.5. The molecule has 0 aliphatic heterocycles. The summed E-state index contributed by atoms with van der Waals surface area (Å²) in [6.07, 6.45) is 3.55. The van der Waals surface area contributed by atoms with Gasteiger partial charge in [-0.2, -0.15) is 0 Å². The average molecular weight is 311 g/mol. The van der Waals surface area contributed by atoms with E-state index in [1.54, 1.807) is 6.92 Å². The van der Waals surface area contributed by atoms with Crippen molar-refractivity contribution in [3.8, 4) is 0 Å². The van der Waals surface area contributed by atoms with E-state index >= 15 is 0 Å². The molecule has 0 aromatic rings. The fourth-order valence-corrected chi connectivity index (χ4v) is 2.96. The molecule has 22 heavy (non-hydrogen) atoms. The van der Waals surface area contributed by atoms with Crippen LogP contribution in [-0.4, -0.2) is 35.1 Å². The fourth-order valence-electron chi connectivity index (χ4n) is 2.96. The minimum Gasteiger partial charge on any atom is -0.465 e. The van der Waals surface area contributed by atoms with Crippen molar-refractivity contribution in [2.45, 2.75) is 70.4 Å². The Hall–Kier alpha value is -1.59. The molecule has 0 aromatic carbocycles. The molecule has 1 aliphatic carbocycles. The van der Waals surface area contributed by atoms with E-state index in [4.69, 9.17) is 10.3 Å². The number of unbranched alkanes of at least 4 members (excludes halogenated alkanes) is 1. The number of ether oxygens (including phenoxy) is 1. The van der Waals surface area contributed by atoms with E-state index in [0.717, 1.165) is 12.8 Å². The maximum atomic E-state index is 12.5. The summed E-state index contributed by atoms with van der Waals surface area (Å²) >= 11 is 0. The van der Waals surface area contributed by atoms with Crippen molar-refractivity contribution in [1.82, 2.24) is 0 Å². The molecule has 0 spiro atoms. The molecule has 0 saturated heterocycles. The van der Waals surface area contributed by atoms with E-state index in [9.17, 15) is 14.7 Å². The van der Waals surface area contributed by atoms with Gasteiger partial charge in [0.25, 0.3) is 0 Å². The Bertz CT molecular complexity index is 448. The second-order valence-electron chi connectivity index (χ2n) is 5.81. The van der Waals surface area contributed by atoms with Crippen LogP contribution in [0.1, 0.15) is 58.8 Å². The quantitative estimate of drug-likeness (QED) is 0.232. The molecule has 0 amide bonds. The number of nitrogens with zero attached hydrogens (tertiary/aromatic N) is 3. The molecule has 3 atom stereocenters. The highest BCUT2D eigenvalue weighted by Gasteiger charge is 2.44. The van der Waals surface area contributed by atoms with Gasteiger partial charge in [-0.25, -0.2) is 0 Å². The van der Waals surface area contributed by atoms with Gasteiger partial charge in [0, 0.05) is 11.3 Å². The highest BCUT2D eigenvalue weighted by Crippen LogP contribution is 2.36. The number of hydrogen-bond acceptors (Lipinski definition) is 5. The van der Waals surface area contributed by atoms with Crippen molar-refractivity contribution < 1.29 is 19.4 Å². The smallest absolute Gasteiger partial charge is 0.316 e. The zero-order valence-corrected chi connectivity index (χ0v) is 13.3. The number of carbonyl (C=O) groups excluding carboxylic acids is 2. The Morgan fingerprint density at radius 2 is 2.23 bits per heavy atom. The average Bonchev–Trinajstić information content (AvgIpc) is 2.81. The number of Topliss-reactive ketones (excluding diaryl/α,β-unsaturated/α-hetero) is 1. The summed E-state index contributed by atoms with van der Waals surface area (Å²) in [4.78, 5) is 27.2. The van der Waals surface area contributed by atoms with Crippen LogP contribution in [-0.2, 0) is 14.3 Å². The summed E-state index contributed by atoms with van der Waals surface area (Å²) in [5, 5.41) is 14.2. The summed E-state index contributed by atoms with van der Waals surface area (Å²) in [7, 11) is 0. The molecule has 0 bridgehead atoms. The number of azide groups is 1. The Balaban J connectivity index is 2.80. The predicted octanol–water partition coefficient (Wildman–Crippen LogP) is 2.91. The van der Waals surface area contributed by atoms with Crippen molar-refractivity contribution in [2.75, 3.05) is 6.61 Å². The Morgan fingerprint density at radius 3 is 2.82 bits per heavy atom. The number of carbonyl (C=O) groups is 2. The lowest BCUT2D eigenvalue weighted by Crippen LogP contribution is -2.41. The summed E-state index contributed by atoms with van der Waals surface area (Å²) in [6.45, 7) is 3.90. The van der Waals surface area contributed by atoms with Gasteiger partial charge in [0.1, 0.15) is 11.7 Å². The van der Waals surface area contributed by atoms with Gasteiger partial charge in [0.15, 0.2) is 0 Å². The van der Waals surface area contributed by atoms with Gasteiger partial charge in [-0.1, -0.05) is 31.3 Å². The van der Waals surface area contributed by atoms with E-state index in [1.807, 2.05) is 6.92 Å². The summed E-state index contributed by atoms with van der Waals surface area (Å²) < 4.78 is 4.97. The summed E-state index contributed by atoms with van der Waals surface area (Å²) in [5.41, 5.74) is 7.23. The molecule has 1 saturated carbocycles. The number of aliphatic hydroxyl groups is 1. The van der Waals surface area contributed by atoms with Gasteiger partial charge in [0.05, 0.1) is 18.2 Å². The maximum Gasteiger partial charge on any atom is 0.316 e. The molecule has 1 rings (SSSR count). The Labute approximate surface area is 130 Å². The number of ketones is 1. The first kappa shape index (κ1) is 18.5. The van der Waals surface area contributed by atoms with Crippen LogP contribution >= 0.6 is 0 Å². The molecule has 1 unspecified atom stereocenters. The molecule has 1 fully saturated rings. The van der Waals surface area contributed by atoms with Crippen LogP contribution in [0.2, 0.25) is 0 Å². The third kappa shape index (κ3) is 4.71. The molecule has 7 nitrogen and oxygen atoms in total. The van der Waals surface area contributed by atoms with Crippen LogP contribution in [0.3, 0.4) is 0 Å². The van der Waals surface area contributed by atoms with Crippen molar-refractivity contribution >= 4 is 11.8 Å². The molecule has 1 N–H and O–H groups in total. The Kier molecular flexibility index (Phi) is 7.35. The predicted molar refractivity (Wildman–Crippen MR) is 81.0 cm³/mol. The second kappa shape index (κ2) is 8.76. The normalized spacial score (nSPS) is 25.3. The van der Waals surface area contributed by atoms with E-state index in [0.29, 0.717) is 25.7 Å². The molecule has 7 heteroatoms. The van der Waals surface area contributed by atoms with Gasteiger partial charge in [-0.05, 0) is 31.7 Å². The third-order valence-electron chi connectivity index (χ3n) is 4.19. The number of hydrogen-bond donors (Lipinski definition) is 1. The van der Waals surface area contributed by atoms with Crippen molar-refractivity contribution in [3.05, 3.63) is 10.4 Å². The molecule has 1 aliphatic rings. The third-order valence-corrected chi connectivity index (χ3v) is 4.19. The topological polar surface area (TPSA) is 112 Å². The second-order valence-corrected chi connectivity index (χ2v) is 5.81. The summed E-state index contributed by atoms with van der Waals surface area (Å²) in [5.74, 6) is -1.69. The minimum absolute atomic E-state index is 0.163. The van der Waals surface area contributed by atoms with Crippen LogP contribution in [0.25, 0.3) is 10.4 Å². The SMILES string of the molecule is CCCCC(C(=O)C[C@]1(O)CCC[C@@H]1N=[N+]=[N-])C(=O)OCC. The number of esters is 1. The standard InChI is InChI=1S/C15H25N3O4/c1-3-5-7-11(14(20)22-4-2)12(19)10-15(21)9-6-8-13(15)17-18-16/h11,13,21H,3-10H2,1-2H3/t11?,13-,15+/m0/s1. The zero-order chi connectivity index (χ0) is 16.6. The van der Waals surface area contributed by atoms with Gasteiger partial charge in [-0.3, -0.25) is 9.59 Å². The van der Waals surface area contributed by atoms with Crippen LogP contribution in [0, 0.1) is 5.92 Å². The largest absolute Gasteiger partial charge is 0.465 e. The first-order chi connectivity index (χ1) is 10.5. The lowest BCUT2D eigenvalue weighted by atomic mass is 9.85. The first-order valence-corrected chi connectivity index (χ1v) is 7.94. The first-order valence-electron chi connectivity index (χ1n) is 7.94. The Morgan fingerprint density at radius 1 is 1.50 bits per heavy atom. The van der Waals surface area contributed by atoms with Crippen molar-refractivity contribution in [2.24, 2.45) is 11.0 Å². The maximum absolute atomic E-state index is 12.5. The van der Waals surface area contributed by atoms with E-state index in [2.05, 4.69) is 10.0 Å². The molecule has 0 heterocycles. The fraction of sp³-hybridized carbons (Fsp3) is 0.867. The minimum atomic E-state index is -1.33. The summed E-state index contributed by atoms with van der Waals surface area (Å²) in [6, 6.07) is -0.601. The van der Waals surface area contributed by atoms with Crippen LogP contribution < -0.4 is 0 Å². The molecule has 0 aromatic heterocycles. The van der Waals surface area contributed by atoms with E-state index in [-0.39, 0.29) is 18.8 Å². The van der Waals surface area contributed by atoms with Crippen LogP contribution in [0.15, 0.2) is 5.11 Å². The zero-order valence-electron chi connectivity index (χ0n) is 13.3. The molecular formula is C15H25N3O4. The number of rotatable bonds is 9. The molecule has 0 radical (unpaired) electrons. The molecular weight excluding hydrogens is 286 g/mol. The van der Waals surface area contributed by atoms with Gasteiger partial charge in [-0.15, -0.1) is 0 Å².